The Hall–Kier alpha value is -1.51. The average Bonchev–Trinajstić information content (AvgIpc) is 2.07. The Balaban J connectivity index is 3.50. The SMILES string of the molecule is [2H]c1cc(C(=O)O)c(O)c([2H])c1[2H]. The van der Waals surface area contributed by atoms with Crippen molar-refractivity contribution in [3.8, 4) is 5.75 Å². The fourth-order valence-corrected chi connectivity index (χ4v) is 0.502. The highest BCUT2D eigenvalue weighted by Gasteiger charge is 2.05. The van der Waals surface area contributed by atoms with Crippen LogP contribution in [0.1, 0.15) is 14.5 Å². The van der Waals surface area contributed by atoms with E-state index in [1.807, 2.05) is 0 Å². The molecule has 0 bridgehead atoms. The van der Waals surface area contributed by atoms with Gasteiger partial charge in [0.25, 0.3) is 0 Å². The van der Waals surface area contributed by atoms with Crippen LogP contribution in [0.3, 0.4) is 0 Å². The van der Waals surface area contributed by atoms with Crippen LogP contribution in [0.2, 0.25) is 0 Å². The lowest BCUT2D eigenvalue weighted by atomic mass is 10.2. The van der Waals surface area contributed by atoms with E-state index in [-0.39, 0.29) is 6.04 Å². The molecule has 1 aromatic carbocycles. The molecule has 0 aromatic heterocycles. The molecule has 3 heteroatoms. The number of carboxylic acid groups (broad SMARTS) is 1. The van der Waals surface area contributed by atoms with E-state index in [9.17, 15) is 4.79 Å². The molecule has 0 atom stereocenters. The molecule has 0 spiro atoms. The molecule has 0 fully saturated rings. The van der Waals surface area contributed by atoms with E-state index in [4.69, 9.17) is 14.3 Å². The summed E-state index contributed by atoms with van der Waals surface area (Å²) in [5.74, 6) is -2.19. The Kier molecular flexibility index (Phi) is 0.862. The van der Waals surface area contributed by atoms with Crippen LogP contribution in [-0.4, -0.2) is 16.2 Å². The van der Waals surface area contributed by atoms with Crippen LogP contribution in [0.5, 0.6) is 5.75 Å². The monoisotopic (exact) mass is 141 g/mol. The highest BCUT2D eigenvalue weighted by Crippen LogP contribution is 2.14. The van der Waals surface area contributed by atoms with E-state index >= 15 is 0 Å². The Labute approximate surface area is 61.8 Å². The van der Waals surface area contributed by atoms with Gasteiger partial charge in [0.1, 0.15) is 11.3 Å². The number of rotatable bonds is 1. The minimum Gasteiger partial charge on any atom is -0.507 e. The van der Waals surface area contributed by atoms with Gasteiger partial charge in [-0.3, -0.25) is 0 Å². The van der Waals surface area contributed by atoms with Gasteiger partial charge in [0.15, 0.2) is 0 Å². The number of phenols is 1. The number of aromatic hydroxyl groups is 1. The molecule has 52 valence electrons. The Morgan fingerprint density at radius 1 is 1.60 bits per heavy atom. The number of para-hydroxylation sites is 1. The van der Waals surface area contributed by atoms with E-state index < -0.39 is 29.4 Å². The summed E-state index contributed by atoms with van der Waals surface area (Å²) in [5, 5.41) is 17.6. The first-order chi connectivity index (χ1) is 5.95. The predicted molar refractivity (Wildman–Crippen MR) is 35.1 cm³/mol. The Morgan fingerprint density at radius 2 is 2.30 bits per heavy atom. The Morgan fingerprint density at radius 3 is 2.90 bits per heavy atom. The zero-order chi connectivity index (χ0) is 10.2. The van der Waals surface area contributed by atoms with Gasteiger partial charge in [-0.05, 0) is 12.1 Å². The van der Waals surface area contributed by atoms with Crippen molar-refractivity contribution in [2.45, 2.75) is 0 Å². The first-order valence-electron chi connectivity index (χ1n) is 3.98. The summed E-state index contributed by atoms with van der Waals surface area (Å²) in [7, 11) is 0. The van der Waals surface area contributed by atoms with Gasteiger partial charge in [0, 0.05) is 0 Å². The molecule has 1 rings (SSSR count). The Bertz CT molecular complexity index is 376. The highest BCUT2D eigenvalue weighted by atomic mass is 16.4. The minimum absolute atomic E-state index is 0.389. The topological polar surface area (TPSA) is 57.5 Å². The van der Waals surface area contributed by atoms with Crippen LogP contribution in [0.4, 0.5) is 0 Å². The number of benzene rings is 1. The predicted octanol–water partition coefficient (Wildman–Crippen LogP) is 1.09. The third-order valence-corrected chi connectivity index (χ3v) is 0.955. The van der Waals surface area contributed by atoms with Crippen LogP contribution in [0, 0.1) is 0 Å². The van der Waals surface area contributed by atoms with Crippen molar-refractivity contribution in [1.82, 2.24) is 0 Å². The maximum absolute atomic E-state index is 10.4. The van der Waals surface area contributed by atoms with Gasteiger partial charge >= 0.3 is 5.97 Å². The quantitative estimate of drug-likeness (QED) is 0.615. The van der Waals surface area contributed by atoms with Gasteiger partial charge in [-0.25, -0.2) is 4.79 Å². The van der Waals surface area contributed by atoms with Crippen molar-refractivity contribution in [3.63, 3.8) is 0 Å². The van der Waals surface area contributed by atoms with E-state index in [1.54, 1.807) is 0 Å². The first kappa shape index (κ1) is 3.61. The zero-order valence-corrected chi connectivity index (χ0v) is 4.88. The second-order valence-electron chi connectivity index (χ2n) is 1.61. The van der Waals surface area contributed by atoms with Gasteiger partial charge in [0.2, 0.25) is 0 Å². The molecule has 0 radical (unpaired) electrons. The third-order valence-electron chi connectivity index (χ3n) is 0.955. The number of hydrogen-bond donors (Lipinski definition) is 2. The van der Waals surface area contributed by atoms with Crippen LogP contribution < -0.4 is 0 Å². The molecule has 0 unspecified atom stereocenters. The molecule has 0 heterocycles. The molecule has 2 N–H and O–H groups in total. The number of hydrogen-bond acceptors (Lipinski definition) is 2. The van der Waals surface area contributed by atoms with Crippen molar-refractivity contribution in [2.24, 2.45) is 0 Å². The first-order valence-corrected chi connectivity index (χ1v) is 2.48. The lowest BCUT2D eigenvalue weighted by Crippen LogP contribution is -1.95. The fraction of sp³-hybridized carbons (Fsp3) is 0. The van der Waals surface area contributed by atoms with Crippen LogP contribution in [-0.2, 0) is 0 Å². The summed E-state index contributed by atoms with van der Waals surface area (Å²) in [6.45, 7) is 0. The average molecular weight is 141 g/mol. The summed E-state index contributed by atoms with van der Waals surface area (Å²) in [6.07, 6.45) is 0. The van der Waals surface area contributed by atoms with E-state index in [0.29, 0.717) is 0 Å². The summed E-state index contributed by atoms with van der Waals surface area (Å²) >= 11 is 0. The van der Waals surface area contributed by atoms with E-state index in [1.165, 1.54) is 0 Å². The lowest BCUT2D eigenvalue weighted by Gasteiger charge is -1.95. The van der Waals surface area contributed by atoms with Gasteiger partial charge < -0.3 is 10.2 Å². The standard InChI is InChI=1S/C7H6O3/c8-6-4-2-1-3-5(6)7(9)10/h1-4,8H,(H,9,10)/i1D,2D,4D. The second kappa shape index (κ2) is 2.39. The molecule has 3 nitrogen and oxygen atoms in total. The molecule has 10 heavy (non-hydrogen) atoms. The van der Waals surface area contributed by atoms with Crippen molar-refractivity contribution in [3.05, 3.63) is 29.8 Å². The molecule has 0 aliphatic carbocycles. The summed E-state index contributed by atoms with van der Waals surface area (Å²) in [6, 6.07) is -0.662. The fourth-order valence-electron chi connectivity index (χ4n) is 0.502. The molecule has 0 aliphatic rings. The summed E-state index contributed by atoms with van der Waals surface area (Å²) < 4.78 is 21.3. The molecule has 0 saturated heterocycles. The smallest absolute Gasteiger partial charge is 0.339 e. The molecule has 0 saturated carbocycles. The summed E-state index contributed by atoms with van der Waals surface area (Å²) in [4.78, 5) is 10.4. The number of carboxylic acids is 1. The second-order valence-corrected chi connectivity index (χ2v) is 1.61. The highest BCUT2D eigenvalue weighted by molar-refractivity contribution is 5.90. The molecule has 1 aromatic rings. The zero-order valence-electron chi connectivity index (χ0n) is 7.88. The van der Waals surface area contributed by atoms with Crippen molar-refractivity contribution in [1.29, 1.82) is 0 Å². The number of aromatic carboxylic acids is 1. The maximum atomic E-state index is 10.4. The van der Waals surface area contributed by atoms with Gasteiger partial charge in [-0.15, -0.1) is 0 Å². The van der Waals surface area contributed by atoms with Gasteiger partial charge in [0.05, 0.1) is 4.11 Å². The van der Waals surface area contributed by atoms with Crippen LogP contribution >= 0.6 is 0 Å². The molecule has 0 aliphatic heterocycles. The van der Waals surface area contributed by atoms with Crippen molar-refractivity contribution < 1.29 is 19.1 Å². The third kappa shape index (κ3) is 1.07. The normalized spacial score (nSPS) is 13.4. The van der Waals surface area contributed by atoms with Gasteiger partial charge in [-0.2, -0.15) is 0 Å². The van der Waals surface area contributed by atoms with E-state index in [2.05, 4.69) is 0 Å². The van der Waals surface area contributed by atoms with Gasteiger partial charge in [-0.1, -0.05) is 12.1 Å². The minimum atomic E-state index is -1.42. The van der Waals surface area contributed by atoms with E-state index in [0.717, 1.165) is 6.07 Å². The maximum Gasteiger partial charge on any atom is 0.339 e. The summed E-state index contributed by atoms with van der Waals surface area (Å²) in [5.41, 5.74) is -0.522. The number of carbonyl (C=O) groups is 1. The largest absolute Gasteiger partial charge is 0.507 e. The van der Waals surface area contributed by atoms with Crippen LogP contribution in [0.25, 0.3) is 0 Å². The van der Waals surface area contributed by atoms with Crippen LogP contribution in [0.15, 0.2) is 24.2 Å². The lowest BCUT2D eigenvalue weighted by molar-refractivity contribution is 0.0694. The molecular formula is C7H6O3. The van der Waals surface area contributed by atoms with Crippen molar-refractivity contribution in [2.75, 3.05) is 0 Å². The molecular weight excluding hydrogens is 132 g/mol. The molecule has 0 amide bonds. The van der Waals surface area contributed by atoms with Crippen molar-refractivity contribution >= 4 is 5.97 Å².